The van der Waals surface area contributed by atoms with E-state index in [1.54, 1.807) is 21.9 Å². The first kappa shape index (κ1) is 22.2. The Bertz CT molecular complexity index is 1050. The average Bonchev–Trinajstić information content (AvgIpc) is 3.02. The number of aromatic hydroxyl groups is 1. The lowest BCUT2D eigenvalue weighted by Crippen LogP contribution is -2.50. The van der Waals surface area contributed by atoms with Crippen LogP contribution in [-0.2, 0) is 16.4 Å². The number of fused-ring (bicyclic) bond motifs is 2. The fourth-order valence-electron chi connectivity index (χ4n) is 4.92. The van der Waals surface area contributed by atoms with Crippen molar-refractivity contribution in [1.29, 1.82) is 0 Å². The molecular weight excluding hydrogens is 421 g/mol. The zero-order valence-electron chi connectivity index (χ0n) is 18.3. The first-order valence-corrected chi connectivity index (χ1v) is 10.6. The number of halogens is 3. The van der Waals surface area contributed by atoms with Gasteiger partial charge in [-0.05, 0) is 42.7 Å². The number of nitrogens with zero attached hydrogens (tertiary/aromatic N) is 3. The number of phenolic OH excluding ortho intramolecular Hbond substituents is 1. The number of carbonyl (C=O) groups excluding carboxylic acids is 1. The van der Waals surface area contributed by atoms with Crippen molar-refractivity contribution in [2.75, 3.05) is 30.3 Å². The number of alkyl halides is 3. The first-order chi connectivity index (χ1) is 14.8. The van der Waals surface area contributed by atoms with Gasteiger partial charge in [-0.3, -0.25) is 4.79 Å². The van der Waals surface area contributed by atoms with Crippen molar-refractivity contribution in [3.05, 3.63) is 41.6 Å². The monoisotopic (exact) mass is 448 g/mol. The highest BCUT2D eigenvalue weighted by Gasteiger charge is 2.52. The zero-order valence-corrected chi connectivity index (χ0v) is 18.3. The number of rotatable bonds is 1. The number of amides is 1. The topological polar surface area (TPSA) is 82.7 Å². The first-order valence-electron chi connectivity index (χ1n) is 10.6. The minimum atomic E-state index is -4.59. The van der Waals surface area contributed by atoms with Crippen molar-refractivity contribution in [3.8, 4) is 5.75 Å². The molecule has 2 aliphatic heterocycles. The van der Waals surface area contributed by atoms with E-state index in [4.69, 9.17) is 5.73 Å². The second kappa shape index (κ2) is 7.28. The van der Waals surface area contributed by atoms with Gasteiger partial charge in [-0.2, -0.15) is 13.2 Å². The lowest BCUT2D eigenvalue weighted by atomic mass is 9.72. The van der Waals surface area contributed by atoms with Gasteiger partial charge in [-0.25, -0.2) is 4.98 Å². The molecule has 3 N–H and O–H groups in total. The van der Waals surface area contributed by atoms with Crippen LogP contribution in [0.15, 0.2) is 30.5 Å². The highest BCUT2D eigenvalue weighted by atomic mass is 19.4. The van der Waals surface area contributed by atoms with E-state index in [0.717, 1.165) is 12.1 Å². The minimum absolute atomic E-state index is 0.0247. The zero-order chi connectivity index (χ0) is 23.5. The highest BCUT2D eigenvalue weighted by molar-refractivity contribution is 5.84. The molecule has 0 aliphatic carbocycles. The van der Waals surface area contributed by atoms with Crippen LogP contribution in [0.3, 0.4) is 0 Å². The summed E-state index contributed by atoms with van der Waals surface area (Å²) >= 11 is 0. The molecule has 1 spiro atoms. The molecule has 1 amide bonds. The molecule has 0 unspecified atom stereocenters. The van der Waals surface area contributed by atoms with Gasteiger partial charge in [-0.15, -0.1) is 0 Å². The van der Waals surface area contributed by atoms with Crippen molar-refractivity contribution in [2.24, 2.45) is 5.41 Å². The SMILES string of the molecule is CC(C)(C)C(=O)N1CCC2(CC1)CN(c1ncccc1N)c1c(O)ccc(C(F)(F)F)c12. The molecule has 2 aliphatic rings. The average molecular weight is 448 g/mol. The minimum Gasteiger partial charge on any atom is -0.506 e. The van der Waals surface area contributed by atoms with Gasteiger partial charge >= 0.3 is 6.18 Å². The number of hydrogen-bond acceptors (Lipinski definition) is 5. The number of nitrogen functional groups attached to an aromatic ring is 1. The number of aromatic nitrogens is 1. The van der Waals surface area contributed by atoms with Crippen LogP contribution in [0.1, 0.15) is 44.7 Å². The number of piperidine rings is 1. The summed E-state index contributed by atoms with van der Waals surface area (Å²) in [4.78, 5) is 20.4. The Hall–Kier alpha value is -2.97. The molecule has 1 aromatic carbocycles. The molecule has 0 bridgehead atoms. The van der Waals surface area contributed by atoms with Crippen molar-refractivity contribution in [2.45, 2.75) is 45.2 Å². The molecule has 2 aromatic rings. The quantitative estimate of drug-likeness (QED) is 0.674. The van der Waals surface area contributed by atoms with Crippen molar-refractivity contribution < 1.29 is 23.1 Å². The normalized spacial score (nSPS) is 18.2. The molecule has 0 radical (unpaired) electrons. The predicted molar refractivity (Wildman–Crippen MR) is 116 cm³/mol. The summed E-state index contributed by atoms with van der Waals surface area (Å²) in [6.07, 6.45) is -2.38. The van der Waals surface area contributed by atoms with Crippen LogP contribution >= 0.6 is 0 Å². The second-order valence-electron chi connectivity index (χ2n) is 9.68. The standard InChI is InChI=1S/C23H27F3N4O2/c1-21(2,3)20(32)29-11-8-22(9-12-29)13-30(19-15(27)5-4-10-28-19)18-16(31)7-6-14(17(18)22)23(24,25)26/h4-7,10,31H,8-9,11-13,27H2,1-3H3. The number of carbonyl (C=O) groups is 1. The molecule has 1 fully saturated rings. The molecule has 1 saturated heterocycles. The van der Waals surface area contributed by atoms with E-state index < -0.39 is 22.6 Å². The molecule has 172 valence electrons. The van der Waals surface area contributed by atoms with Crippen LogP contribution in [0.5, 0.6) is 5.75 Å². The Morgan fingerprint density at radius 3 is 2.38 bits per heavy atom. The molecule has 4 rings (SSSR count). The summed E-state index contributed by atoms with van der Waals surface area (Å²) in [7, 11) is 0. The molecule has 3 heterocycles. The van der Waals surface area contributed by atoms with Crippen LogP contribution in [0.4, 0.5) is 30.4 Å². The summed E-state index contributed by atoms with van der Waals surface area (Å²) in [5.41, 5.74) is 4.35. The van der Waals surface area contributed by atoms with E-state index >= 15 is 0 Å². The number of pyridine rings is 1. The van der Waals surface area contributed by atoms with Crippen molar-refractivity contribution >= 4 is 23.1 Å². The number of likely N-dealkylation sites (tertiary alicyclic amines) is 1. The highest BCUT2D eigenvalue weighted by Crippen LogP contribution is 2.57. The van der Waals surface area contributed by atoms with Crippen LogP contribution < -0.4 is 10.6 Å². The lowest BCUT2D eigenvalue weighted by Gasteiger charge is -2.42. The van der Waals surface area contributed by atoms with E-state index in [1.165, 1.54) is 6.20 Å². The number of anilines is 3. The summed E-state index contributed by atoms with van der Waals surface area (Å²) in [5.74, 6) is 0.0416. The van der Waals surface area contributed by atoms with E-state index in [1.807, 2.05) is 20.8 Å². The van der Waals surface area contributed by atoms with Gasteiger partial charge in [0, 0.05) is 36.7 Å². The Morgan fingerprint density at radius 1 is 1.16 bits per heavy atom. The van der Waals surface area contributed by atoms with Gasteiger partial charge in [-0.1, -0.05) is 20.8 Å². The third kappa shape index (κ3) is 3.53. The predicted octanol–water partition coefficient (Wildman–Crippen LogP) is 4.45. The summed E-state index contributed by atoms with van der Waals surface area (Å²) in [5, 5.41) is 10.7. The van der Waals surface area contributed by atoms with Gasteiger partial charge < -0.3 is 20.6 Å². The van der Waals surface area contributed by atoms with Crippen LogP contribution in [-0.4, -0.2) is 40.5 Å². The van der Waals surface area contributed by atoms with Gasteiger partial charge in [0.15, 0.2) is 5.82 Å². The fourth-order valence-corrected chi connectivity index (χ4v) is 4.92. The molecule has 6 nitrogen and oxygen atoms in total. The van der Waals surface area contributed by atoms with Gasteiger partial charge in [0.25, 0.3) is 0 Å². The molecule has 9 heteroatoms. The second-order valence-corrected chi connectivity index (χ2v) is 9.68. The van der Waals surface area contributed by atoms with Crippen LogP contribution in [0, 0.1) is 5.41 Å². The molecule has 1 aromatic heterocycles. The Balaban J connectivity index is 1.83. The maximum Gasteiger partial charge on any atom is 0.416 e. The third-order valence-electron chi connectivity index (χ3n) is 6.44. The van der Waals surface area contributed by atoms with Gasteiger partial charge in [0.2, 0.25) is 5.91 Å². The third-order valence-corrected chi connectivity index (χ3v) is 6.44. The summed E-state index contributed by atoms with van der Waals surface area (Å²) < 4.78 is 42.2. The summed E-state index contributed by atoms with van der Waals surface area (Å²) in [6.45, 7) is 6.37. The number of phenols is 1. The Kier molecular flexibility index (Phi) is 5.06. The van der Waals surface area contributed by atoms with Crippen LogP contribution in [0.2, 0.25) is 0 Å². The maximum absolute atomic E-state index is 14.1. The van der Waals surface area contributed by atoms with Crippen molar-refractivity contribution in [1.82, 2.24) is 9.88 Å². The van der Waals surface area contributed by atoms with E-state index in [2.05, 4.69) is 4.98 Å². The Morgan fingerprint density at radius 2 is 1.81 bits per heavy atom. The Labute approximate surface area is 184 Å². The van der Waals surface area contributed by atoms with Crippen molar-refractivity contribution in [3.63, 3.8) is 0 Å². The van der Waals surface area contributed by atoms with E-state index in [9.17, 15) is 23.1 Å². The fraction of sp³-hybridized carbons (Fsp3) is 0.478. The molecule has 32 heavy (non-hydrogen) atoms. The molecule has 0 atom stereocenters. The smallest absolute Gasteiger partial charge is 0.416 e. The molecule has 0 saturated carbocycles. The van der Waals surface area contributed by atoms with Gasteiger partial charge in [0.1, 0.15) is 5.75 Å². The lowest BCUT2D eigenvalue weighted by molar-refractivity contribution is -0.142. The molecular formula is C23H27F3N4O2. The van der Waals surface area contributed by atoms with E-state index in [-0.39, 0.29) is 29.5 Å². The van der Waals surface area contributed by atoms with E-state index in [0.29, 0.717) is 37.4 Å². The largest absolute Gasteiger partial charge is 0.506 e. The van der Waals surface area contributed by atoms with Crippen LogP contribution in [0.25, 0.3) is 0 Å². The number of hydrogen-bond donors (Lipinski definition) is 2. The number of benzene rings is 1. The number of nitrogens with two attached hydrogens (primary N) is 1. The summed E-state index contributed by atoms with van der Waals surface area (Å²) in [6, 6.07) is 5.29. The van der Waals surface area contributed by atoms with Gasteiger partial charge in [0.05, 0.1) is 16.9 Å². The maximum atomic E-state index is 14.1.